The Morgan fingerprint density at radius 3 is 2.33 bits per heavy atom. The van der Waals surface area contributed by atoms with Crippen LogP contribution in [0.3, 0.4) is 0 Å². The van der Waals surface area contributed by atoms with Crippen LogP contribution in [0.5, 0.6) is 0 Å². The number of benzene rings is 2. The van der Waals surface area contributed by atoms with Gasteiger partial charge in [0, 0.05) is 42.3 Å². The standard InChI is InChI=1S/C26H28BrF3N2O/c27-22-12-7-20(8-13-22)17-32(24-15-16-31(18-24)23-3-1-2-4-23)25(33)14-9-19-5-10-21(11-6-19)26(28,29)30/h5-14,23-24H,1-4,15-18H2/b14-9+/t24-/m1/s1. The largest absolute Gasteiger partial charge is 0.416 e. The highest BCUT2D eigenvalue weighted by atomic mass is 79.9. The molecular formula is C26H28BrF3N2O. The van der Waals surface area contributed by atoms with Gasteiger partial charge in [-0.1, -0.05) is 53.0 Å². The Morgan fingerprint density at radius 2 is 1.70 bits per heavy atom. The van der Waals surface area contributed by atoms with Crippen molar-refractivity contribution in [2.45, 2.75) is 56.9 Å². The van der Waals surface area contributed by atoms with E-state index in [1.54, 1.807) is 6.08 Å². The van der Waals surface area contributed by atoms with Gasteiger partial charge >= 0.3 is 6.18 Å². The van der Waals surface area contributed by atoms with Crippen molar-refractivity contribution in [3.8, 4) is 0 Å². The summed E-state index contributed by atoms with van der Waals surface area (Å²) in [6, 6.07) is 13.6. The van der Waals surface area contributed by atoms with Gasteiger partial charge in [0.1, 0.15) is 0 Å². The summed E-state index contributed by atoms with van der Waals surface area (Å²) in [7, 11) is 0. The zero-order valence-electron chi connectivity index (χ0n) is 18.4. The maximum Gasteiger partial charge on any atom is 0.416 e. The van der Waals surface area contributed by atoms with Crippen LogP contribution < -0.4 is 0 Å². The molecule has 2 fully saturated rings. The number of amides is 1. The molecule has 2 aromatic carbocycles. The molecule has 0 unspecified atom stereocenters. The Bertz CT molecular complexity index is 967. The molecule has 1 heterocycles. The molecule has 0 spiro atoms. The Balaban J connectivity index is 1.48. The molecule has 0 bridgehead atoms. The van der Waals surface area contributed by atoms with Crippen LogP contribution in [0.1, 0.15) is 48.8 Å². The van der Waals surface area contributed by atoms with E-state index in [0.29, 0.717) is 18.2 Å². The third kappa shape index (κ3) is 6.27. The third-order valence-electron chi connectivity index (χ3n) is 6.68. The van der Waals surface area contributed by atoms with Gasteiger partial charge in [-0.3, -0.25) is 9.69 Å². The maximum atomic E-state index is 13.3. The summed E-state index contributed by atoms with van der Waals surface area (Å²) < 4.78 is 39.4. The molecule has 2 aliphatic rings. The maximum absolute atomic E-state index is 13.3. The first-order valence-corrected chi connectivity index (χ1v) is 12.2. The second-order valence-electron chi connectivity index (χ2n) is 8.92. The number of carbonyl (C=O) groups is 1. The van der Waals surface area contributed by atoms with Crippen LogP contribution in [0.2, 0.25) is 0 Å². The summed E-state index contributed by atoms with van der Waals surface area (Å²) >= 11 is 3.45. The van der Waals surface area contributed by atoms with E-state index in [4.69, 9.17) is 0 Å². The number of halogens is 4. The molecule has 1 saturated heterocycles. The predicted molar refractivity (Wildman–Crippen MR) is 127 cm³/mol. The molecule has 0 N–H and O–H groups in total. The van der Waals surface area contributed by atoms with E-state index in [2.05, 4.69) is 20.8 Å². The molecule has 1 saturated carbocycles. The third-order valence-corrected chi connectivity index (χ3v) is 7.21. The van der Waals surface area contributed by atoms with E-state index in [1.165, 1.54) is 43.9 Å². The average molecular weight is 521 g/mol. The fourth-order valence-corrected chi connectivity index (χ4v) is 5.11. The molecule has 4 rings (SSSR count). The van der Waals surface area contributed by atoms with Gasteiger partial charge in [-0.2, -0.15) is 13.2 Å². The number of hydrogen-bond donors (Lipinski definition) is 0. The van der Waals surface area contributed by atoms with Crippen LogP contribution in [0.25, 0.3) is 6.08 Å². The normalized spacial score (nSPS) is 20.1. The van der Waals surface area contributed by atoms with E-state index < -0.39 is 11.7 Å². The van der Waals surface area contributed by atoms with E-state index in [9.17, 15) is 18.0 Å². The van der Waals surface area contributed by atoms with E-state index >= 15 is 0 Å². The summed E-state index contributed by atoms with van der Waals surface area (Å²) in [6.07, 6.45) is 4.69. The second-order valence-corrected chi connectivity index (χ2v) is 9.84. The van der Waals surface area contributed by atoms with Gasteiger partial charge in [0.05, 0.1) is 5.56 Å². The van der Waals surface area contributed by atoms with Crippen molar-refractivity contribution in [2.24, 2.45) is 0 Å². The van der Waals surface area contributed by atoms with Crippen molar-refractivity contribution in [1.82, 2.24) is 9.80 Å². The summed E-state index contributed by atoms with van der Waals surface area (Å²) in [6.45, 7) is 2.38. The number of likely N-dealkylation sites (tertiary alicyclic amines) is 1. The van der Waals surface area contributed by atoms with Crippen LogP contribution in [0.4, 0.5) is 13.2 Å². The van der Waals surface area contributed by atoms with Crippen molar-refractivity contribution in [1.29, 1.82) is 0 Å². The Kier molecular flexibility index (Phi) is 7.59. The minimum Gasteiger partial charge on any atom is -0.331 e. The number of carbonyl (C=O) groups excluding carboxylic acids is 1. The van der Waals surface area contributed by atoms with E-state index in [-0.39, 0.29) is 11.9 Å². The van der Waals surface area contributed by atoms with E-state index in [1.807, 2.05) is 29.2 Å². The molecule has 0 radical (unpaired) electrons. The van der Waals surface area contributed by atoms with Crippen molar-refractivity contribution in [3.05, 3.63) is 75.8 Å². The number of hydrogen-bond acceptors (Lipinski definition) is 2. The molecule has 33 heavy (non-hydrogen) atoms. The molecule has 0 aromatic heterocycles. The van der Waals surface area contributed by atoms with Crippen LogP contribution >= 0.6 is 15.9 Å². The lowest BCUT2D eigenvalue weighted by Crippen LogP contribution is -2.42. The van der Waals surface area contributed by atoms with Crippen molar-refractivity contribution in [2.75, 3.05) is 13.1 Å². The van der Waals surface area contributed by atoms with Crippen molar-refractivity contribution in [3.63, 3.8) is 0 Å². The quantitative estimate of drug-likeness (QED) is 0.404. The van der Waals surface area contributed by atoms with Crippen molar-refractivity contribution < 1.29 is 18.0 Å². The van der Waals surface area contributed by atoms with Crippen LogP contribution in [-0.4, -0.2) is 40.9 Å². The first-order chi connectivity index (χ1) is 15.8. The van der Waals surface area contributed by atoms with Gasteiger partial charge in [-0.05, 0) is 60.7 Å². The minimum atomic E-state index is -4.37. The van der Waals surface area contributed by atoms with Crippen LogP contribution in [-0.2, 0) is 17.5 Å². The Morgan fingerprint density at radius 1 is 1.03 bits per heavy atom. The molecule has 2 aromatic rings. The highest BCUT2D eigenvalue weighted by molar-refractivity contribution is 9.10. The first-order valence-electron chi connectivity index (χ1n) is 11.4. The average Bonchev–Trinajstić information content (AvgIpc) is 3.49. The van der Waals surface area contributed by atoms with Gasteiger partial charge in [0.25, 0.3) is 0 Å². The van der Waals surface area contributed by atoms with Gasteiger partial charge < -0.3 is 4.90 Å². The Hall–Kier alpha value is -2.12. The number of rotatable bonds is 6. The second kappa shape index (κ2) is 10.4. The highest BCUT2D eigenvalue weighted by Gasteiger charge is 2.34. The van der Waals surface area contributed by atoms with Crippen molar-refractivity contribution >= 4 is 27.9 Å². The zero-order chi connectivity index (χ0) is 23.4. The lowest BCUT2D eigenvalue weighted by Gasteiger charge is -2.30. The molecule has 3 nitrogen and oxygen atoms in total. The lowest BCUT2D eigenvalue weighted by atomic mass is 10.1. The van der Waals surface area contributed by atoms with Crippen LogP contribution in [0, 0.1) is 0 Å². The van der Waals surface area contributed by atoms with Gasteiger partial charge in [0.15, 0.2) is 0 Å². The molecular weight excluding hydrogens is 493 g/mol. The zero-order valence-corrected chi connectivity index (χ0v) is 20.0. The molecule has 1 aliphatic heterocycles. The smallest absolute Gasteiger partial charge is 0.331 e. The summed E-state index contributed by atoms with van der Waals surface area (Å²) in [4.78, 5) is 17.7. The minimum absolute atomic E-state index is 0.115. The highest BCUT2D eigenvalue weighted by Crippen LogP contribution is 2.30. The molecule has 1 atom stereocenters. The fourth-order valence-electron chi connectivity index (χ4n) is 4.84. The molecule has 1 aliphatic carbocycles. The summed E-state index contributed by atoms with van der Waals surface area (Å²) in [5.74, 6) is -0.115. The van der Waals surface area contributed by atoms with Gasteiger partial charge in [0.2, 0.25) is 5.91 Å². The molecule has 1 amide bonds. The predicted octanol–water partition coefficient (Wildman–Crippen LogP) is 6.53. The molecule has 7 heteroatoms. The lowest BCUT2D eigenvalue weighted by molar-refractivity contribution is -0.137. The number of nitrogens with zero attached hydrogens (tertiary/aromatic N) is 2. The SMILES string of the molecule is O=C(/C=C/c1ccc(C(F)(F)F)cc1)N(Cc1ccc(Br)cc1)[C@@H]1CCN(C2CCCC2)C1. The summed E-state index contributed by atoms with van der Waals surface area (Å²) in [5, 5.41) is 0. The van der Waals surface area contributed by atoms with Crippen LogP contribution in [0.15, 0.2) is 59.1 Å². The monoisotopic (exact) mass is 520 g/mol. The topological polar surface area (TPSA) is 23.6 Å². The molecule has 176 valence electrons. The van der Waals surface area contributed by atoms with E-state index in [0.717, 1.165) is 41.7 Å². The fraction of sp³-hybridized carbons (Fsp3) is 0.423. The Labute approximate surface area is 201 Å². The van der Waals surface area contributed by atoms with Gasteiger partial charge in [-0.15, -0.1) is 0 Å². The first kappa shape index (κ1) is 24.0. The van der Waals surface area contributed by atoms with Gasteiger partial charge in [-0.25, -0.2) is 0 Å². The summed E-state index contributed by atoms with van der Waals surface area (Å²) in [5.41, 5.74) is 0.925. The number of alkyl halides is 3.